The fourth-order valence-corrected chi connectivity index (χ4v) is 2.85. The molecule has 1 atom stereocenters. The summed E-state index contributed by atoms with van der Waals surface area (Å²) in [5.74, 6) is 0.803. The molecule has 0 saturated carbocycles. The van der Waals surface area contributed by atoms with Crippen LogP contribution in [-0.4, -0.2) is 40.3 Å². The maximum atomic E-state index is 10.7. The molecule has 22 heavy (non-hydrogen) atoms. The third kappa shape index (κ3) is 3.64. The quantitative estimate of drug-likeness (QED) is 0.921. The van der Waals surface area contributed by atoms with Crippen molar-refractivity contribution in [3.63, 3.8) is 0 Å². The van der Waals surface area contributed by atoms with Gasteiger partial charge in [0.25, 0.3) is 0 Å². The lowest BCUT2D eigenvalue weighted by atomic mass is 10.1. The first-order chi connectivity index (χ1) is 10.6. The smallest absolute Gasteiger partial charge is 0.119 e. The highest BCUT2D eigenvalue weighted by molar-refractivity contribution is 5.21. The lowest BCUT2D eigenvalue weighted by Crippen LogP contribution is -2.39. The van der Waals surface area contributed by atoms with E-state index < -0.39 is 5.60 Å². The van der Waals surface area contributed by atoms with E-state index in [0.29, 0.717) is 13.2 Å². The number of aryl methyl sites for hydroxylation is 1. The molecule has 0 radical (unpaired) electrons. The summed E-state index contributed by atoms with van der Waals surface area (Å²) in [5.41, 5.74) is 1.50. The molecule has 116 valence electrons. The topological polar surface area (TPSA) is 45.6 Å². The number of aromatic nitrogens is 1. The van der Waals surface area contributed by atoms with Crippen LogP contribution in [0.15, 0.2) is 48.7 Å². The summed E-state index contributed by atoms with van der Waals surface area (Å²) in [6.07, 6.45) is 2.55. The van der Waals surface area contributed by atoms with Crippen molar-refractivity contribution in [3.05, 3.63) is 59.9 Å². The molecule has 2 aromatic rings. The summed E-state index contributed by atoms with van der Waals surface area (Å²) in [7, 11) is 0. The highest BCUT2D eigenvalue weighted by Crippen LogP contribution is 2.24. The molecule has 1 aromatic heterocycles. The number of nitrogens with zero attached hydrogens (tertiary/aromatic N) is 2. The van der Waals surface area contributed by atoms with Crippen LogP contribution in [0.25, 0.3) is 0 Å². The Balaban J connectivity index is 1.56. The van der Waals surface area contributed by atoms with E-state index in [9.17, 15) is 5.11 Å². The summed E-state index contributed by atoms with van der Waals surface area (Å²) < 4.78 is 5.73. The van der Waals surface area contributed by atoms with Crippen LogP contribution >= 0.6 is 0 Å². The maximum absolute atomic E-state index is 10.7. The van der Waals surface area contributed by atoms with Gasteiger partial charge in [-0.05, 0) is 37.1 Å². The second-order valence-corrected chi connectivity index (χ2v) is 6.03. The predicted octanol–water partition coefficient (Wildman–Crippen LogP) is 2.41. The number of para-hydroxylation sites is 1. The van der Waals surface area contributed by atoms with E-state index in [1.54, 1.807) is 0 Å². The monoisotopic (exact) mass is 298 g/mol. The Morgan fingerprint density at radius 2 is 2.05 bits per heavy atom. The molecule has 0 amide bonds. The van der Waals surface area contributed by atoms with E-state index in [1.807, 2.05) is 49.5 Å². The van der Waals surface area contributed by atoms with Gasteiger partial charge in [0.05, 0.1) is 0 Å². The van der Waals surface area contributed by atoms with Gasteiger partial charge in [-0.15, -0.1) is 0 Å². The number of ether oxygens (including phenoxy) is 1. The Kier molecular flexibility index (Phi) is 4.41. The first kappa shape index (κ1) is 15.0. The Morgan fingerprint density at radius 3 is 2.82 bits per heavy atom. The lowest BCUT2D eigenvalue weighted by molar-refractivity contribution is 0.00336. The Bertz CT molecular complexity index is 617. The number of hydrogen-bond donors (Lipinski definition) is 1. The Morgan fingerprint density at radius 1 is 1.23 bits per heavy atom. The molecule has 2 heterocycles. The van der Waals surface area contributed by atoms with Gasteiger partial charge in [-0.1, -0.05) is 24.3 Å². The van der Waals surface area contributed by atoms with Crippen LogP contribution < -0.4 is 4.74 Å². The first-order valence-corrected chi connectivity index (χ1v) is 7.68. The SMILES string of the molecule is Cc1ncccc1CN1CC[C@](O)(COc2ccccc2)C1. The van der Waals surface area contributed by atoms with E-state index >= 15 is 0 Å². The van der Waals surface area contributed by atoms with Crippen LogP contribution in [0.4, 0.5) is 0 Å². The molecule has 3 rings (SSSR count). The normalized spacial score (nSPS) is 21.9. The lowest BCUT2D eigenvalue weighted by Gasteiger charge is -2.24. The molecule has 0 spiro atoms. The Hall–Kier alpha value is -1.91. The van der Waals surface area contributed by atoms with Gasteiger partial charge in [0.15, 0.2) is 0 Å². The highest BCUT2D eigenvalue weighted by atomic mass is 16.5. The number of pyridine rings is 1. The zero-order valence-corrected chi connectivity index (χ0v) is 12.9. The maximum Gasteiger partial charge on any atom is 0.119 e. The summed E-state index contributed by atoms with van der Waals surface area (Å²) in [6, 6.07) is 13.7. The summed E-state index contributed by atoms with van der Waals surface area (Å²) >= 11 is 0. The zero-order chi connectivity index (χ0) is 15.4. The molecule has 4 nitrogen and oxygen atoms in total. The average molecular weight is 298 g/mol. The highest BCUT2D eigenvalue weighted by Gasteiger charge is 2.36. The number of β-amino-alcohol motifs (C(OH)–C–C–N with tert-alkyl or cyclic N) is 1. The van der Waals surface area contributed by atoms with Crippen molar-refractivity contribution in [3.8, 4) is 5.75 Å². The zero-order valence-electron chi connectivity index (χ0n) is 12.9. The predicted molar refractivity (Wildman–Crippen MR) is 85.8 cm³/mol. The van der Waals surface area contributed by atoms with Crippen LogP contribution in [0.5, 0.6) is 5.75 Å². The van der Waals surface area contributed by atoms with E-state index in [0.717, 1.165) is 31.0 Å². The summed E-state index contributed by atoms with van der Waals surface area (Å²) in [5, 5.41) is 10.7. The molecule has 0 aliphatic carbocycles. The molecular formula is C18H22N2O2. The van der Waals surface area contributed by atoms with Gasteiger partial charge in [0.2, 0.25) is 0 Å². The minimum absolute atomic E-state index is 0.333. The van der Waals surface area contributed by atoms with Crippen LogP contribution in [-0.2, 0) is 6.54 Å². The van der Waals surface area contributed by atoms with Crippen molar-refractivity contribution in [2.45, 2.75) is 25.5 Å². The number of benzene rings is 1. The van der Waals surface area contributed by atoms with Crippen molar-refractivity contribution in [1.82, 2.24) is 9.88 Å². The van der Waals surface area contributed by atoms with E-state index in [1.165, 1.54) is 5.56 Å². The van der Waals surface area contributed by atoms with Gasteiger partial charge in [-0.25, -0.2) is 0 Å². The molecule has 1 aliphatic rings. The van der Waals surface area contributed by atoms with Crippen LogP contribution in [0, 0.1) is 6.92 Å². The molecule has 1 aromatic carbocycles. The van der Waals surface area contributed by atoms with E-state index in [4.69, 9.17) is 4.74 Å². The first-order valence-electron chi connectivity index (χ1n) is 7.68. The number of aliphatic hydroxyl groups is 1. The summed E-state index contributed by atoms with van der Waals surface area (Å²) in [6.45, 7) is 4.69. The van der Waals surface area contributed by atoms with Gasteiger partial charge < -0.3 is 9.84 Å². The van der Waals surface area contributed by atoms with Gasteiger partial charge in [0.1, 0.15) is 18.0 Å². The largest absolute Gasteiger partial charge is 0.491 e. The minimum Gasteiger partial charge on any atom is -0.491 e. The molecule has 0 unspecified atom stereocenters. The van der Waals surface area contributed by atoms with E-state index in [-0.39, 0.29) is 0 Å². The van der Waals surface area contributed by atoms with Crippen molar-refractivity contribution >= 4 is 0 Å². The summed E-state index contributed by atoms with van der Waals surface area (Å²) in [4.78, 5) is 6.58. The number of rotatable bonds is 5. The van der Waals surface area contributed by atoms with Crippen molar-refractivity contribution < 1.29 is 9.84 Å². The van der Waals surface area contributed by atoms with Crippen molar-refractivity contribution in [2.24, 2.45) is 0 Å². The molecule has 1 aliphatic heterocycles. The standard InChI is InChI=1S/C18H22N2O2/c1-15-16(6-5-10-19-15)12-20-11-9-18(21,13-20)14-22-17-7-3-2-4-8-17/h2-8,10,21H,9,11-14H2,1H3/t18-/m1/s1. The van der Waals surface area contributed by atoms with Crippen molar-refractivity contribution in [2.75, 3.05) is 19.7 Å². The molecule has 4 heteroatoms. The van der Waals surface area contributed by atoms with Crippen LogP contribution in [0.3, 0.4) is 0 Å². The third-order valence-electron chi connectivity index (χ3n) is 4.17. The molecular weight excluding hydrogens is 276 g/mol. The fourth-order valence-electron chi connectivity index (χ4n) is 2.85. The molecule has 1 saturated heterocycles. The minimum atomic E-state index is -0.772. The fraction of sp³-hybridized carbons (Fsp3) is 0.389. The van der Waals surface area contributed by atoms with Crippen LogP contribution in [0.2, 0.25) is 0 Å². The van der Waals surface area contributed by atoms with Gasteiger partial charge in [-0.2, -0.15) is 0 Å². The van der Waals surface area contributed by atoms with Crippen molar-refractivity contribution in [1.29, 1.82) is 0 Å². The van der Waals surface area contributed by atoms with Gasteiger partial charge >= 0.3 is 0 Å². The second-order valence-electron chi connectivity index (χ2n) is 6.03. The second kappa shape index (κ2) is 6.46. The molecule has 0 bridgehead atoms. The van der Waals surface area contributed by atoms with E-state index in [2.05, 4.69) is 16.0 Å². The number of hydrogen-bond acceptors (Lipinski definition) is 4. The van der Waals surface area contributed by atoms with Gasteiger partial charge in [0, 0.05) is 31.5 Å². The number of likely N-dealkylation sites (tertiary alicyclic amines) is 1. The molecule has 1 N–H and O–H groups in total. The third-order valence-corrected chi connectivity index (χ3v) is 4.17. The van der Waals surface area contributed by atoms with Gasteiger partial charge in [-0.3, -0.25) is 9.88 Å². The molecule has 1 fully saturated rings. The average Bonchev–Trinajstić information content (AvgIpc) is 2.90. The van der Waals surface area contributed by atoms with Crippen LogP contribution in [0.1, 0.15) is 17.7 Å². The Labute approximate surface area is 131 Å².